The first kappa shape index (κ1) is 18.1. The van der Waals surface area contributed by atoms with Crippen molar-refractivity contribution in [3.63, 3.8) is 0 Å². The lowest BCUT2D eigenvalue weighted by Gasteiger charge is -2.32. The molecule has 1 N–H and O–H groups in total. The van der Waals surface area contributed by atoms with Gasteiger partial charge in [-0.05, 0) is 32.2 Å². The van der Waals surface area contributed by atoms with E-state index < -0.39 is 10.9 Å². The topological polar surface area (TPSA) is 97.6 Å². The fourth-order valence-electron chi connectivity index (χ4n) is 3.05. The molecule has 1 aliphatic rings. The summed E-state index contributed by atoms with van der Waals surface area (Å²) in [5, 5.41) is 14.4. The van der Waals surface area contributed by atoms with E-state index in [1.165, 1.54) is 32.2 Å². The van der Waals surface area contributed by atoms with E-state index in [4.69, 9.17) is 0 Å². The largest absolute Gasteiger partial charge is 0.465 e. The summed E-state index contributed by atoms with van der Waals surface area (Å²) in [6.07, 6.45) is 3.72. The summed E-state index contributed by atoms with van der Waals surface area (Å²) in [6, 6.07) is 1.20. The third-order valence-corrected chi connectivity index (χ3v) is 4.14. The first-order valence-corrected chi connectivity index (χ1v) is 8.12. The van der Waals surface area contributed by atoms with E-state index in [2.05, 4.69) is 26.9 Å². The summed E-state index contributed by atoms with van der Waals surface area (Å²) in [6.45, 7) is 7.10. The smallest absolute Gasteiger partial charge is 0.339 e. The van der Waals surface area contributed by atoms with Gasteiger partial charge in [0.25, 0.3) is 0 Å². The number of hydrogen-bond donors (Lipinski definition) is 1. The molecule has 0 spiro atoms. The Balaban J connectivity index is 2.07. The van der Waals surface area contributed by atoms with Crippen LogP contribution in [0.15, 0.2) is 12.3 Å². The van der Waals surface area contributed by atoms with Gasteiger partial charge >= 0.3 is 11.7 Å². The fourth-order valence-corrected chi connectivity index (χ4v) is 3.05. The summed E-state index contributed by atoms with van der Waals surface area (Å²) >= 11 is 0. The number of ether oxygens (including phenoxy) is 1. The van der Waals surface area contributed by atoms with Crippen LogP contribution in [0.1, 0.15) is 37.0 Å². The lowest BCUT2D eigenvalue weighted by atomic mass is 10.00. The van der Waals surface area contributed by atoms with Crippen molar-refractivity contribution in [3.8, 4) is 0 Å². The van der Waals surface area contributed by atoms with Gasteiger partial charge in [-0.15, -0.1) is 0 Å². The average molecular weight is 336 g/mol. The minimum atomic E-state index is -0.646. The maximum Gasteiger partial charge on any atom is 0.339 e. The molecule has 0 aromatic carbocycles. The Morgan fingerprint density at radius 2 is 2.38 bits per heavy atom. The number of nitro groups is 1. The average Bonchev–Trinajstić information content (AvgIpc) is 2.54. The molecule has 0 amide bonds. The number of aromatic nitrogens is 1. The van der Waals surface area contributed by atoms with Gasteiger partial charge in [-0.1, -0.05) is 6.92 Å². The standard InChI is InChI=1S/C16H24N4O4/c1-11-5-4-6-19(9-11)10-12(2)18-15-14(20(22)23)7-13(8-17-15)16(21)24-3/h7-8,11-12H,4-6,9-10H2,1-3H3,(H,17,18). The van der Waals surface area contributed by atoms with E-state index >= 15 is 0 Å². The van der Waals surface area contributed by atoms with Crippen LogP contribution in [-0.2, 0) is 4.74 Å². The molecule has 132 valence electrons. The number of nitrogens with one attached hydrogen (secondary N) is 1. The zero-order valence-electron chi connectivity index (χ0n) is 14.3. The molecular weight excluding hydrogens is 312 g/mol. The maximum absolute atomic E-state index is 11.5. The second kappa shape index (κ2) is 8.05. The van der Waals surface area contributed by atoms with Crippen LogP contribution in [0.5, 0.6) is 0 Å². The predicted octanol–water partition coefficient (Wildman–Crippen LogP) is 2.31. The number of carbonyl (C=O) groups is 1. The molecule has 1 aliphatic heterocycles. The van der Waals surface area contributed by atoms with Gasteiger partial charge < -0.3 is 15.0 Å². The van der Waals surface area contributed by atoms with Gasteiger partial charge in [-0.25, -0.2) is 9.78 Å². The van der Waals surface area contributed by atoms with Crippen LogP contribution in [-0.4, -0.2) is 53.6 Å². The van der Waals surface area contributed by atoms with E-state index in [1.54, 1.807) is 0 Å². The predicted molar refractivity (Wildman–Crippen MR) is 90.2 cm³/mol. The quantitative estimate of drug-likeness (QED) is 0.483. The zero-order chi connectivity index (χ0) is 17.7. The van der Waals surface area contributed by atoms with Crippen LogP contribution >= 0.6 is 0 Å². The van der Waals surface area contributed by atoms with Gasteiger partial charge in [0.15, 0.2) is 0 Å². The molecule has 0 saturated carbocycles. The number of likely N-dealkylation sites (tertiary alicyclic amines) is 1. The highest BCUT2D eigenvalue weighted by molar-refractivity contribution is 5.90. The second-order valence-electron chi connectivity index (χ2n) is 6.39. The van der Waals surface area contributed by atoms with Crippen LogP contribution < -0.4 is 5.32 Å². The Morgan fingerprint density at radius 1 is 1.62 bits per heavy atom. The van der Waals surface area contributed by atoms with Crippen LogP contribution in [0, 0.1) is 16.0 Å². The van der Waals surface area contributed by atoms with Crippen LogP contribution in [0.3, 0.4) is 0 Å². The SMILES string of the molecule is COC(=O)c1cnc(NC(C)CN2CCCC(C)C2)c([N+](=O)[O-])c1. The zero-order valence-corrected chi connectivity index (χ0v) is 14.3. The summed E-state index contributed by atoms with van der Waals surface area (Å²) in [7, 11) is 1.22. The van der Waals surface area contributed by atoms with Crippen LogP contribution in [0.4, 0.5) is 11.5 Å². The summed E-state index contributed by atoms with van der Waals surface area (Å²) < 4.78 is 4.57. The van der Waals surface area contributed by atoms with Crippen molar-refractivity contribution in [2.45, 2.75) is 32.7 Å². The maximum atomic E-state index is 11.5. The van der Waals surface area contributed by atoms with E-state index in [0.717, 1.165) is 19.6 Å². The number of carbonyl (C=O) groups excluding carboxylic acids is 1. The molecule has 2 heterocycles. The molecule has 8 nitrogen and oxygen atoms in total. The molecule has 2 unspecified atom stereocenters. The Kier molecular flexibility index (Phi) is 6.08. The van der Waals surface area contributed by atoms with Gasteiger partial charge in [0.1, 0.15) is 0 Å². The Morgan fingerprint density at radius 3 is 3.00 bits per heavy atom. The van der Waals surface area contributed by atoms with Crippen molar-refractivity contribution in [3.05, 3.63) is 27.9 Å². The first-order valence-electron chi connectivity index (χ1n) is 8.12. The number of methoxy groups -OCH3 is 1. The van der Waals surface area contributed by atoms with E-state index in [9.17, 15) is 14.9 Å². The summed E-state index contributed by atoms with van der Waals surface area (Å²) in [5.74, 6) is 0.204. The summed E-state index contributed by atoms with van der Waals surface area (Å²) in [4.78, 5) is 28.6. The van der Waals surface area contributed by atoms with Gasteiger partial charge in [0.05, 0.1) is 17.6 Å². The Labute approximate surface area is 141 Å². The lowest BCUT2D eigenvalue weighted by molar-refractivity contribution is -0.384. The number of hydrogen-bond acceptors (Lipinski definition) is 7. The van der Waals surface area contributed by atoms with Crippen molar-refractivity contribution in [2.24, 2.45) is 5.92 Å². The third-order valence-electron chi connectivity index (χ3n) is 4.14. The van der Waals surface area contributed by atoms with E-state index in [-0.39, 0.29) is 23.1 Å². The van der Waals surface area contributed by atoms with Crippen LogP contribution in [0.2, 0.25) is 0 Å². The van der Waals surface area contributed by atoms with Gasteiger partial charge in [0, 0.05) is 31.4 Å². The Bertz CT molecular complexity index is 608. The highest BCUT2D eigenvalue weighted by Crippen LogP contribution is 2.24. The second-order valence-corrected chi connectivity index (χ2v) is 6.39. The molecule has 0 radical (unpaired) electrons. The van der Waals surface area contributed by atoms with Gasteiger partial charge in [-0.3, -0.25) is 10.1 Å². The Hall–Kier alpha value is -2.22. The summed E-state index contributed by atoms with van der Waals surface area (Å²) in [5.41, 5.74) is -0.163. The molecule has 0 bridgehead atoms. The molecular formula is C16H24N4O4. The van der Waals surface area contributed by atoms with Crippen molar-refractivity contribution in [2.75, 3.05) is 32.1 Å². The molecule has 1 aromatic rings. The monoisotopic (exact) mass is 336 g/mol. The minimum absolute atomic E-state index is 0.00507. The highest BCUT2D eigenvalue weighted by Gasteiger charge is 2.23. The van der Waals surface area contributed by atoms with E-state index in [1.807, 2.05) is 6.92 Å². The highest BCUT2D eigenvalue weighted by atomic mass is 16.6. The number of piperidine rings is 1. The molecule has 2 rings (SSSR count). The van der Waals surface area contributed by atoms with Gasteiger partial charge in [0.2, 0.25) is 5.82 Å². The first-order chi connectivity index (χ1) is 11.4. The van der Waals surface area contributed by atoms with Crippen molar-refractivity contribution in [1.82, 2.24) is 9.88 Å². The molecule has 2 atom stereocenters. The molecule has 8 heteroatoms. The number of anilines is 1. The molecule has 0 aliphatic carbocycles. The third kappa shape index (κ3) is 4.64. The lowest BCUT2D eigenvalue weighted by Crippen LogP contribution is -2.41. The van der Waals surface area contributed by atoms with Crippen molar-refractivity contribution < 1.29 is 14.5 Å². The molecule has 24 heavy (non-hydrogen) atoms. The van der Waals surface area contributed by atoms with Crippen molar-refractivity contribution >= 4 is 17.5 Å². The number of rotatable bonds is 6. The van der Waals surface area contributed by atoms with Gasteiger partial charge in [-0.2, -0.15) is 0 Å². The minimum Gasteiger partial charge on any atom is -0.465 e. The number of esters is 1. The molecule has 1 fully saturated rings. The molecule has 1 aromatic heterocycles. The number of pyridine rings is 1. The van der Waals surface area contributed by atoms with Crippen LogP contribution in [0.25, 0.3) is 0 Å². The normalized spacial score (nSPS) is 19.5. The fraction of sp³-hybridized carbons (Fsp3) is 0.625. The van der Waals surface area contributed by atoms with Crippen molar-refractivity contribution in [1.29, 1.82) is 0 Å². The molecule has 1 saturated heterocycles. The number of nitrogens with zero attached hydrogens (tertiary/aromatic N) is 3. The van der Waals surface area contributed by atoms with E-state index in [0.29, 0.717) is 5.92 Å².